The molecule has 0 aromatic rings. The predicted octanol–water partition coefficient (Wildman–Crippen LogP) is 5.17. The molecule has 0 unspecified atom stereocenters. The summed E-state index contributed by atoms with van der Waals surface area (Å²) >= 11 is 0. The van der Waals surface area contributed by atoms with Gasteiger partial charge in [0.15, 0.2) is 0 Å². The van der Waals surface area contributed by atoms with E-state index in [1.807, 2.05) is 0 Å². The summed E-state index contributed by atoms with van der Waals surface area (Å²) in [6.45, 7) is 0. The van der Waals surface area contributed by atoms with Gasteiger partial charge in [-0.2, -0.15) is 0 Å². The zero-order chi connectivity index (χ0) is 16.5. The van der Waals surface area contributed by atoms with E-state index in [-0.39, 0.29) is 0 Å². The maximum absolute atomic E-state index is 10.3. The van der Waals surface area contributed by atoms with Crippen LogP contribution in [0.25, 0.3) is 0 Å². The summed E-state index contributed by atoms with van der Waals surface area (Å²) in [5.41, 5.74) is 0. The van der Waals surface area contributed by atoms with Gasteiger partial charge >= 0.3 is 11.9 Å². The van der Waals surface area contributed by atoms with Crippen molar-refractivity contribution in [1.29, 1.82) is 0 Å². The molecule has 0 amide bonds. The number of rotatable bonds is 16. The van der Waals surface area contributed by atoms with E-state index in [4.69, 9.17) is 10.2 Å². The van der Waals surface area contributed by atoms with Crippen molar-refractivity contribution in [2.45, 2.75) is 89.9 Å². The van der Waals surface area contributed by atoms with E-state index in [0.717, 1.165) is 51.4 Å². The van der Waals surface area contributed by atoms with E-state index in [9.17, 15) is 9.59 Å². The topological polar surface area (TPSA) is 74.6 Å². The van der Waals surface area contributed by atoms with Crippen molar-refractivity contribution in [2.24, 2.45) is 0 Å². The summed E-state index contributed by atoms with van der Waals surface area (Å²) in [5, 5.41) is 17.0. The summed E-state index contributed by atoms with van der Waals surface area (Å²) in [6.07, 6.45) is 18.0. The molecule has 0 spiro atoms. The van der Waals surface area contributed by atoms with Crippen molar-refractivity contribution >= 4 is 11.9 Å². The minimum absolute atomic E-state index is 0.302. The molecule has 0 rings (SSSR count). The standard InChI is InChI=1S/C18H32O4/c19-17(20)15-13-11-9-7-5-3-1-2-4-6-8-10-12-14-16-18(21)22/h1-2H,3-16H2,(H,19,20)(H,21,22)/b2-1-. The SMILES string of the molecule is O=C(O)CCCCCCC/C=C\CCCCCCCC(=O)O. The van der Waals surface area contributed by atoms with Crippen LogP contribution in [0.2, 0.25) is 0 Å². The van der Waals surface area contributed by atoms with Gasteiger partial charge in [-0.3, -0.25) is 9.59 Å². The second-order valence-corrected chi connectivity index (χ2v) is 5.87. The maximum Gasteiger partial charge on any atom is 0.303 e. The van der Waals surface area contributed by atoms with Crippen LogP contribution in [0.5, 0.6) is 0 Å². The number of allylic oxidation sites excluding steroid dienone is 2. The van der Waals surface area contributed by atoms with Gasteiger partial charge in [-0.1, -0.05) is 50.7 Å². The number of unbranched alkanes of at least 4 members (excludes halogenated alkanes) is 10. The van der Waals surface area contributed by atoms with Crippen molar-refractivity contribution in [2.75, 3.05) is 0 Å². The van der Waals surface area contributed by atoms with Gasteiger partial charge in [-0.15, -0.1) is 0 Å². The van der Waals surface area contributed by atoms with Crippen LogP contribution in [-0.2, 0) is 9.59 Å². The Labute approximate surface area is 134 Å². The maximum atomic E-state index is 10.3. The lowest BCUT2D eigenvalue weighted by molar-refractivity contribution is -0.138. The van der Waals surface area contributed by atoms with Gasteiger partial charge < -0.3 is 10.2 Å². The monoisotopic (exact) mass is 312 g/mol. The molecule has 0 aliphatic rings. The second-order valence-electron chi connectivity index (χ2n) is 5.87. The average Bonchev–Trinajstić information content (AvgIpc) is 2.46. The minimum atomic E-state index is -0.690. The van der Waals surface area contributed by atoms with E-state index < -0.39 is 11.9 Å². The van der Waals surface area contributed by atoms with Crippen LogP contribution in [-0.4, -0.2) is 22.2 Å². The van der Waals surface area contributed by atoms with E-state index in [1.54, 1.807) is 0 Å². The summed E-state index contributed by atoms with van der Waals surface area (Å²) in [6, 6.07) is 0. The van der Waals surface area contributed by atoms with E-state index in [0.29, 0.717) is 12.8 Å². The lowest BCUT2D eigenvalue weighted by Gasteiger charge is -1.99. The number of aliphatic carboxylic acids is 2. The van der Waals surface area contributed by atoms with Gasteiger partial charge in [-0.05, 0) is 38.5 Å². The average molecular weight is 312 g/mol. The molecule has 0 aliphatic heterocycles. The van der Waals surface area contributed by atoms with Gasteiger partial charge in [0.2, 0.25) is 0 Å². The van der Waals surface area contributed by atoms with Crippen molar-refractivity contribution < 1.29 is 19.8 Å². The van der Waals surface area contributed by atoms with Gasteiger partial charge in [0.1, 0.15) is 0 Å². The Balaban J connectivity index is 3.12. The van der Waals surface area contributed by atoms with Crippen molar-refractivity contribution in [3.05, 3.63) is 12.2 Å². The summed E-state index contributed by atoms with van der Waals surface area (Å²) < 4.78 is 0. The first kappa shape index (κ1) is 20.7. The number of hydrogen-bond donors (Lipinski definition) is 2. The molecule has 0 fully saturated rings. The molecule has 0 saturated carbocycles. The number of carbonyl (C=O) groups is 2. The van der Waals surface area contributed by atoms with E-state index >= 15 is 0 Å². The third kappa shape index (κ3) is 18.7. The van der Waals surface area contributed by atoms with Crippen LogP contribution in [0.4, 0.5) is 0 Å². The van der Waals surface area contributed by atoms with Crippen LogP contribution in [0, 0.1) is 0 Å². The minimum Gasteiger partial charge on any atom is -0.481 e. The first-order chi connectivity index (χ1) is 10.6. The van der Waals surface area contributed by atoms with Gasteiger partial charge in [0, 0.05) is 12.8 Å². The highest BCUT2D eigenvalue weighted by Gasteiger charge is 1.96. The van der Waals surface area contributed by atoms with Crippen molar-refractivity contribution in [3.8, 4) is 0 Å². The Bertz CT molecular complexity index is 280. The molecule has 22 heavy (non-hydrogen) atoms. The highest BCUT2D eigenvalue weighted by Crippen LogP contribution is 2.10. The molecule has 128 valence electrons. The third-order valence-corrected chi connectivity index (χ3v) is 3.69. The Morgan fingerprint density at radius 1 is 0.545 bits per heavy atom. The molecule has 0 bridgehead atoms. The molecule has 2 N–H and O–H groups in total. The Morgan fingerprint density at radius 2 is 0.864 bits per heavy atom. The van der Waals surface area contributed by atoms with Gasteiger partial charge in [-0.25, -0.2) is 0 Å². The zero-order valence-corrected chi connectivity index (χ0v) is 13.8. The molecule has 0 aliphatic carbocycles. The first-order valence-electron chi connectivity index (χ1n) is 8.71. The molecular formula is C18H32O4. The van der Waals surface area contributed by atoms with E-state index in [1.165, 1.54) is 25.7 Å². The Morgan fingerprint density at radius 3 is 1.23 bits per heavy atom. The summed E-state index contributed by atoms with van der Waals surface area (Å²) in [7, 11) is 0. The number of carboxylic acids is 2. The quantitative estimate of drug-likeness (QED) is 0.304. The van der Waals surface area contributed by atoms with Crippen molar-refractivity contribution in [1.82, 2.24) is 0 Å². The van der Waals surface area contributed by atoms with Crippen LogP contribution in [0.15, 0.2) is 12.2 Å². The molecule has 0 aromatic heterocycles. The van der Waals surface area contributed by atoms with Crippen LogP contribution >= 0.6 is 0 Å². The second kappa shape index (κ2) is 16.1. The lowest BCUT2D eigenvalue weighted by Crippen LogP contribution is -1.93. The fourth-order valence-corrected chi connectivity index (χ4v) is 2.37. The smallest absolute Gasteiger partial charge is 0.303 e. The Hall–Kier alpha value is -1.32. The largest absolute Gasteiger partial charge is 0.481 e. The molecule has 4 nitrogen and oxygen atoms in total. The lowest BCUT2D eigenvalue weighted by atomic mass is 10.1. The van der Waals surface area contributed by atoms with Gasteiger partial charge in [0.05, 0.1) is 0 Å². The molecular weight excluding hydrogens is 280 g/mol. The fourth-order valence-electron chi connectivity index (χ4n) is 2.37. The fraction of sp³-hybridized carbons (Fsp3) is 0.778. The molecule has 4 heteroatoms. The number of carboxylic acid groups (broad SMARTS) is 2. The van der Waals surface area contributed by atoms with Crippen LogP contribution < -0.4 is 0 Å². The highest BCUT2D eigenvalue weighted by molar-refractivity contribution is 5.66. The molecule has 0 radical (unpaired) electrons. The number of hydrogen-bond acceptors (Lipinski definition) is 2. The highest BCUT2D eigenvalue weighted by atomic mass is 16.4. The molecule has 0 saturated heterocycles. The zero-order valence-electron chi connectivity index (χ0n) is 13.8. The Kier molecular flexibility index (Phi) is 15.1. The molecule has 0 aromatic carbocycles. The third-order valence-electron chi connectivity index (χ3n) is 3.69. The van der Waals surface area contributed by atoms with Crippen LogP contribution in [0.3, 0.4) is 0 Å². The summed E-state index contributed by atoms with van der Waals surface area (Å²) in [4.78, 5) is 20.7. The summed E-state index contributed by atoms with van der Waals surface area (Å²) in [5.74, 6) is -1.38. The normalized spacial score (nSPS) is 11.1. The predicted molar refractivity (Wildman–Crippen MR) is 89.0 cm³/mol. The van der Waals surface area contributed by atoms with Gasteiger partial charge in [0.25, 0.3) is 0 Å². The van der Waals surface area contributed by atoms with Crippen LogP contribution in [0.1, 0.15) is 89.9 Å². The first-order valence-corrected chi connectivity index (χ1v) is 8.71. The van der Waals surface area contributed by atoms with E-state index in [2.05, 4.69) is 12.2 Å². The molecule has 0 heterocycles. The molecule has 0 atom stereocenters. The van der Waals surface area contributed by atoms with Crippen molar-refractivity contribution in [3.63, 3.8) is 0 Å².